The summed E-state index contributed by atoms with van der Waals surface area (Å²) in [6, 6.07) is 4.62. The summed E-state index contributed by atoms with van der Waals surface area (Å²) < 4.78 is 23.4. The first-order valence-electron chi connectivity index (χ1n) is 5.76. The second-order valence-electron chi connectivity index (χ2n) is 3.86. The number of halogens is 2. The number of rotatable bonds is 4. The van der Waals surface area contributed by atoms with Crippen LogP contribution in [0, 0.1) is 5.82 Å². The first kappa shape index (κ1) is 15.0. The van der Waals surface area contributed by atoms with E-state index < -0.39 is 11.8 Å². The van der Waals surface area contributed by atoms with Crippen molar-refractivity contribution >= 4 is 29.1 Å². The summed E-state index contributed by atoms with van der Waals surface area (Å²) in [5, 5.41) is 2.56. The number of carbonyl (C=O) groups excluding carboxylic acids is 1. The Balaban J connectivity index is 2.43. The fourth-order valence-corrected chi connectivity index (χ4v) is 1.73. The van der Waals surface area contributed by atoms with Crippen molar-refractivity contribution in [3.8, 4) is 5.75 Å². The number of aromatic nitrogens is 2. The molecule has 2 rings (SSSR count). The molecule has 0 bridgehead atoms. The second-order valence-corrected chi connectivity index (χ2v) is 4.20. The van der Waals surface area contributed by atoms with E-state index in [-0.39, 0.29) is 16.7 Å². The summed E-state index contributed by atoms with van der Waals surface area (Å²) in [6.45, 7) is 0. The Bertz CT molecular complexity index is 682. The van der Waals surface area contributed by atoms with Crippen molar-refractivity contribution < 1.29 is 18.7 Å². The van der Waals surface area contributed by atoms with Gasteiger partial charge in [0.2, 0.25) is 5.28 Å². The number of anilines is 2. The first-order chi connectivity index (χ1) is 10.0. The quantitative estimate of drug-likeness (QED) is 0.691. The summed E-state index contributed by atoms with van der Waals surface area (Å²) in [7, 11) is 2.71. The van der Waals surface area contributed by atoms with Gasteiger partial charge in [-0.05, 0) is 29.8 Å². The predicted octanol–water partition coefficient (Wildman–Crippen LogP) is 2.81. The number of methoxy groups -OCH3 is 2. The van der Waals surface area contributed by atoms with Crippen LogP contribution in [0.15, 0.2) is 24.4 Å². The highest BCUT2D eigenvalue weighted by Gasteiger charge is 2.15. The second kappa shape index (κ2) is 6.36. The predicted molar refractivity (Wildman–Crippen MR) is 74.6 cm³/mol. The Morgan fingerprint density at radius 3 is 2.81 bits per heavy atom. The highest BCUT2D eigenvalue weighted by Crippen LogP contribution is 2.26. The van der Waals surface area contributed by atoms with E-state index in [4.69, 9.17) is 16.3 Å². The van der Waals surface area contributed by atoms with Gasteiger partial charge in [-0.2, -0.15) is 4.98 Å². The average molecular weight is 312 g/mol. The van der Waals surface area contributed by atoms with Crippen LogP contribution in [0.2, 0.25) is 5.28 Å². The van der Waals surface area contributed by atoms with Gasteiger partial charge in [0.1, 0.15) is 5.75 Å². The van der Waals surface area contributed by atoms with Crippen LogP contribution in [-0.4, -0.2) is 30.2 Å². The van der Waals surface area contributed by atoms with E-state index >= 15 is 0 Å². The summed E-state index contributed by atoms with van der Waals surface area (Å²) in [4.78, 5) is 19.0. The normalized spacial score (nSPS) is 10.1. The molecule has 0 saturated heterocycles. The minimum atomic E-state index is -0.703. The summed E-state index contributed by atoms with van der Waals surface area (Å²) in [6.07, 6.45) is 0.930. The molecule has 8 heteroatoms. The van der Waals surface area contributed by atoms with Crippen LogP contribution in [-0.2, 0) is 4.74 Å². The van der Waals surface area contributed by atoms with Gasteiger partial charge in [-0.1, -0.05) is 0 Å². The Morgan fingerprint density at radius 2 is 2.14 bits per heavy atom. The number of nitrogens with zero attached hydrogens (tertiary/aromatic N) is 2. The zero-order valence-corrected chi connectivity index (χ0v) is 11.9. The lowest BCUT2D eigenvalue weighted by atomic mass is 10.1. The number of hydrogen-bond acceptors (Lipinski definition) is 6. The smallest absolute Gasteiger partial charge is 0.340 e. The van der Waals surface area contributed by atoms with Crippen molar-refractivity contribution in [2.45, 2.75) is 0 Å². The Kier molecular flexibility index (Phi) is 4.54. The van der Waals surface area contributed by atoms with Crippen LogP contribution in [0.1, 0.15) is 10.4 Å². The third-order valence-electron chi connectivity index (χ3n) is 2.60. The fraction of sp³-hybridized carbons (Fsp3) is 0.154. The van der Waals surface area contributed by atoms with Crippen molar-refractivity contribution in [2.24, 2.45) is 0 Å². The topological polar surface area (TPSA) is 73.3 Å². The molecule has 0 unspecified atom stereocenters. The molecule has 1 N–H and O–H groups in total. The Hall–Kier alpha value is -2.41. The van der Waals surface area contributed by atoms with E-state index in [9.17, 15) is 9.18 Å². The lowest BCUT2D eigenvalue weighted by Gasteiger charge is -2.12. The molecule has 2 aromatic rings. The maximum atomic E-state index is 13.6. The number of nitrogens with one attached hydrogen (secondary N) is 1. The standard InChI is InChI=1S/C13H11ClFN3O3/c1-20-7-3-4-10(8(5-7)12(19)21-2)17-11-9(15)6-16-13(14)18-11/h3-6H,1-2H3,(H,16,17,18). The van der Waals surface area contributed by atoms with Gasteiger partial charge in [-0.3, -0.25) is 0 Å². The SMILES string of the molecule is COC(=O)c1cc(OC)ccc1Nc1nc(Cl)ncc1F. The zero-order valence-electron chi connectivity index (χ0n) is 11.2. The molecule has 1 heterocycles. The van der Waals surface area contributed by atoms with Crippen molar-refractivity contribution in [1.82, 2.24) is 9.97 Å². The number of ether oxygens (including phenoxy) is 2. The number of esters is 1. The van der Waals surface area contributed by atoms with Crippen molar-refractivity contribution in [1.29, 1.82) is 0 Å². The molecule has 110 valence electrons. The molecule has 1 aromatic carbocycles. The van der Waals surface area contributed by atoms with Gasteiger partial charge in [-0.25, -0.2) is 14.2 Å². The van der Waals surface area contributed by atoms with Crippen molar-refractivity contribution in [2.75, 3.05) is 19.5 Å². The van der Waals surface area contributed by atoms with Gasteiger partial charge in [0.05, 0.1) is 31.7 Å². The van der Waals surface area contributed by atoms with Crippen LogP contribution < -0.4 is 10.1 Å². The largest absolute Gasteiger partial charge is 0.497 e. The van der Waals surface area contributed by atoms with Gasteiger partial charge in [0, 0.05) is 0 Å². The highest BCUT2D eigenvalue weighted by molar-refractivity contribution is 6.28. The van der Waals surface area contributed by atoms with Gasteiger partial charge in [0.25, 0.3) is 0 Å². The Morgan fingerprint density at radius 1 is 1.38 bits per heavy atom. The van der Waals surface area contributed by atoms with Gasteiger partial charge < -0.3 is 14.8 Å². The van der Waals surface area contributed by atoms with Crippen molar-refractivity contribution in [3.05, 3.63) is 41.1 Å². The van der Waals surface area contributed by atoms with Gasteiger partial charge in [-0.15, -0.1) is 0 Å². The fourth-order valence-electron chi connectivity index (χ4n) is 1.60. The molecule has 0 amide bonds. The number of benzene rings is 1. The van der Waals surface area contributed by atoms with Crippen LogP contribution in [0.4, 0.5) is 15.9 Å². The summed E-state index contributed by atoms with van der Waals surface area (Å²) >= 11 is 5.62. The number of hydrogen-bond donors (Lipinski definition) is 1. The third-order valence-corrected chi connectivity index (χ3v) is 2.78. The molecule has 0 saturated carbocycles. The molecule has 0 atom stereocenters. The molecule has 0 radical (unpaired) electrons. The highest BCUT2D eigenvalue weighted by atomic mass is 35.5. The van der Waals surface area contributed by atoms with Crippen LogP contribution in [0.5, 0.6) is 5.75 Å². The minimum Gasteiger partial charge on any atom is -0.497 e. The molecule has 21 heavy (non-hydrogen) atoms. The third kappa shape index (κ3) is 3.38. The van der Waals surface area contributed by atoms with E-state index in [0.717, 1.165) is 6.20 Å². The van der Waals surface area contributed by atoms with E-state index in [1.165, 1.54) is 20.3 Å². The lowest BCUT2D eigenvalue weighted by molar-refractivity contribution is 0.0601. The molecule has 0 aliphatic rings. The number of carbonyl (C=O) groups is 1. The van der Waals surface area contributed by atoms with Gasteiger partial charge in [0.15, 0.2) is 11.6 Å². The Labute approximate surface area is 124 Å². The molecule has 0 aliphatic carbocycles. The molecule has 1 aromatic heterocycles. The maximum Gasteiger partial charge on any atom is 0.340 e. The van der Waals surface area contributed by atoms with Crippen LogP contribution in [0.25, 0.3) is 0 Å². The lowest BCUT2D eigenvalue weighted by Crippen LogP contribution is -2.08. The van der Waals surface area contributed by atoms with E-state index in [1.54, 1.807) is 12.1 Å². The van der Waals surface area contributed by atoms with E-state index in [0.29, 0.717) is 11.4 Å². The van der Waals surface area contributed by atoms with Crippen molar-refractivity contribution in [3.63, 3.8) is 0 Å². The average Bonchev–Trinajstić information content (AvgIpc) is 2.50. The van der Waals surface area contributed by atoms with E-state index in [2.05, 4.69) is 20.0 Å². The molecule has 0 spiro atoms. The van der Waals surface area contributed by atoms with E-state index in [1.807, 2.05) is 0 Å². The molecule has 0 aliphatic heterocycles. The molecular formula is C13H11ClFN3O3. The summed E-state index contributed by atoms with van der Waals surface area (Å²) in [5.74, 6) is -0.990. The van der Waals surface area contributed by atoms with Gasteiger partial charge >= 0.3 is 5.97 Å². The summed E-state index contributed by atoms with van der Waals surface area (Å²) in [5.41, 5.74) is 0.474. The minimum absolute atomic E-state index is 0.118. The maximum absolute atomic E-state index is 13.6. The van der Waals surface area contributed by atoms with Crippen LogP contribution >= 0.6 is 11.6 Å². The monoisotopic (exact) mass is 311 g/mol. The zero-order chi connectivity index (χ0) is 15.4. The molecule has 0 fully saturated rings. The van der Waals surface area contributed by atoms with Crippen LogP contribution in [0.3, 0.4) is 0 Å². The molecular weight excluding hydrogens is 301 g/mol. The first-order valence-corrected chi connectivity index (χ1v) is 6.14. The molecule has 6 nitrogen and oxygen atoms in total.